The molecule has 2 aromatic carbocycles. The average molecular weight is 395 g/mol. The third-order valence-corrected chi connectivity index (χ3v) is 4.25. The summed E-state index contributed by atoms with van der Waals surface area (Å²) in [6, 6.07) is 9.80. The molecular formula is C16H11ClN2O6S. The van der Waals surface area contributed by atoms with E-state index >= 15 is 0 Å². The molecule has 0 unspecified atom stereocenters. The molecule has 0 radical (unpaired) electrons. The number of hydrogen-bond donors (Lipinski definition) is 1. The molecule has 26 heavy (non-hydrogen) atoms. The van der Waals surface area contributed by atoms with E-state index in [9.17, 15) is 22.8 Å². The molecule has 0 fully saturated rings. The molecule has 0 spiro atoms. The Morgan fingerprint density at radius 3 is 2.19 bits per heavy atom. The Labute approximate surface area is 153 Å². The van der Waals surface area contributed by atoms with Crippen LogP contribution < -0.4 is 4.72 Å². The number of fused-ring (bicyclic) bond motifs is 1. The number of sulfonamides is 1. The highest BCUT2D eigenvalue weighted by Crippen LogP contribution is 2.26. The van der Waals surface area contributed by atoms with E-state index in [0.29, 0.717) is 5.06 Å². The van der Waals surface area contributed by atoms with Gasteiger partial charge in [0, 0.05) is 5.02 Å². The summed E-state index contributed by atoms with van der Waals surface area (Å²) >= 11 is 5.85. The van der Waals surface area contributed by atoms with Crippen LogP contribution in [-0.2, 0) is 14.9 Å². The summed E-state index contributed by atoms with van der Waals surface area (Å²) in [7, 11) is -3.69. The zero-order valence-corrected chi connectivity index (χ0v) is 14.8. The lowest BCUT2D eigenvalue weighted by molar-refractivity contribution is -0.0583. The van der Waals surface area contributed by atoms with Gasteiger partial charge in [-0.3, -0.25) is 14.3 Å². The van der Waals surface area contributed by atoms with Gasteiger partial charge in [0.15, 0.2) is 0 Å². The largest absolute Gasteiger partial charge is 0.366 e. The highest BCUT2D eigenvalue weighted by atomic mass is 35.5. The Morgan fingerprint density at radius 2 is 1.65 bits per heavy atom. The maximum atomic E-state index is 12.4. The van der Waals surface area contributed by atoms with E-state index in [2.05, 4.69) is 4.72 Å². The van der Waals surface area contributed by atoms with Crippen molar-refractivity contribution >= 4 is 45.1 Å². The molecule has 1 heterocycles. The molecule has 3 rings (SSSR count). The van der Waals surface area contributed by atoms with Crippen molar-refractivity contribution in [3.05, 3.63) is 64.2 Å². The van der Waals surface area contributed by atoms with E-state index in [4.69, 9.17) is 16.4 Å². The molecule has 0 aliphatic carbocycles. The van der Waals surface area contributed by atoms with E-state index in [1.807, 2.05) is 0 Å². The first-order chi connectivity index (χ1) is 12.2. The SMILES string of the molecule is CS(=O)(=O)Nc1ccc(Cl)cc1C(=O)ON1C(=O)c2ccccc2C1=O. The monoisotopic (exact) mass is 394 g/mol. The van der Waals surface area contributed by atoms with E-state index in [0.717, 1.165) is 12.3 Å². The first-order valence-corrected chi connectivity index (χ1v) is 9.42. The van der Waals surface area contributed by atoms with E-state index in [1.54, 1.807) is 12.1 Å². The minimum absolute atomic E-state index is 0.0986. The van der Waals surface area contributed by atoms with E-state index < -0.39 is 27.8 Å². The molecule has 0 aromatic heterocycles. The molecule has 10 heteroatoms. The van der Waals surface area contributed by atoms with Crippen LogP contribution >= 0.6 is 11.6 Å². The zero-order chi connectivity index (χ0) is 19.1. The fraction of sp³-hybridized carbons (Fsp3) is 0.0625. The third-order valence-electron chi connectivity index (χ3n) is 3.43. The summed E-state index contributed by atoms with van der Waals surface area (Å²) in [5.74, 6) is -2.70. The van der Waals surface area contributed by atoms with Gasteiger partial charge in [0.05, 0.1) is 28.6 Å². The van der Waals surface area contributed by atoms with E-state index in [1.165, 1.54) is 24.3 Å². The Balaban J connectivity index is 1.91. The second-order valence-corrected chi connectivity index (χ2v) is 7.58. The highest BCUT2D eigenvalue weighted by Gasteiger charge is 2.39. The number of imide groups is 1. The Kier molecular flexibility index (Phi) is 4.43. The summed E-state index contributed by atoms with van der Waals surface area (Å²) in [5, 5.41) is 0.469. The number of nitrogens with one attached hydrogen (secondary N) is 1. The molecule has 1 aliphatic rings. The first kappa shape index (κ1) is 17.9. The molecule has 0 saturated heterocycles. The van der Waals surface area contributed by atoms with Crippen LogP contribution in [0.5, 0.6) is 0 Å². The van der Waals surface area contributed by atoms with Gasteiger partial charge in [0.2, 0.25) is 10.0 Å². The smallest absolute Gasteiger partial charge is 0.324 e. The van der Waals surface area contributed by atoms with Crippen LogP contribution in [0, 0.1) is 0 Å². The van der Waals surface area contributed by atoms with E-state index in [-0.39, 0.29) is 27.4 Å². The Bertz CT molecular complexity index is 1020. The number of hydrogen-bond acceptors (Lipinski definition) is 6. The number of carbonyl (C=O) groups excluding carboxylic acids is 3. The zero-order valence-electron chi connectivity index (χ0n) is 13.2. The van der Waals surface area contributed by atoms with Gasteiger partial charge in [0.1, 0.15) is 0 Å². The number of amides is 2. The predicted molar refractivity (Wildman–Crippen MR) is 92.3 cm³/mol. The standard InChI is InChI=1S/C16H11ClN2O6S/c1-26(23,24)18-13-7-6-9(17)8-12(13)16(22)25-19-14(20)10-4-2-3-5-11(10)15(19)21/h2-8,18H,1H3. The van der Waals surface area contributed by atoms with Crippen LogP contribution in [0.1, 0.15) is 31.1 Å². The van der Waals surface area contributed by atoms with Crippen molar-refractivity contribution in [2.75, 3.05) is 11.0 Å². The van der Waals surface area contributed by atoms with Crippen molar-refractivity contribution in [3.8, 4) is 0 Å². The molecule has 1 N–H and O–H groups in total. The molecule has 0 bridgehead atoms. The van der Waals surface area contributed by atoms with Crippen LogP contribution in [0.2, 0.25) is 5.02 Å². The predicted octanol–water partition coefficient (Wildman–Crippen LogP) is 2.08. The lowest BCUT2D eigenvalue weighted by Crippen LogP contribution is -2.33. The van der Waals surface area contributed by atoms with Crippen molar-refractivity contribution in [2.24, 2.45) is 0 Å². The van der Waals surface area contributed by atoms with Crippen molar-refractivity contribution in [1.82, 2.24) is 5.06 Å². The average Bonchev–Trinajstić information content (AvgIpc) is 2.81. The van der Waals surface area contributed by atoms with Crippen LogP contribution in [0.25, 0.3) is 0 Å². The fourth-order valence-corrected chi connectivity index (χ4v) is 3.11. The second-order valence-electron chi connectivity index (χ2n) is 5.39. The third kappa shape index (κ3) is 3.39. The maximum absolute atomic E-state index is 12.4. The summed E-state index contributed by atoms with van der Waals surface area (Å²) in [4.78, 5) is 41.8. The summed E-state index contributed by atoms with van der Waals surface area (Å²) < 4.78 is 25.0. The van der Waals surface area contributed by atoms with Crippen molar-refractivity contribution in [2.45, 2.75) is 0 Å². The van der Waals surface area contributed by atoms with Crippen LogP contribution in [0.4, 0.5) is 5.69 Å². The number of benzene rings is 2. The summed E-state index contributed by atoms with van der Waals surface area (Å²) in [5.41, 5.74) is -0.144. The number of anilines is 1. The van der Waals surface area contributed by atoms with Gasteiger partial charge in [-0.15, -0.1) is 0 Å². The normalized spacial score (nSPS) is 13.5. The van der Waals surface area contributed by atoms with Crippen molar-refractivity contribution in [3.63, 3.8) is 0 Å². The van der Waals surface area contributed by atoms with Crippen molar-refractivity contribution in [1.29, 1.82) is 0 Å². The minimum atomic E-state index is -3.69. The number of carbonyl (C=O) groups is 3. The summed E-state index contributed by atoms with van der Waals surface area (Å²) in [6.45, 7) is 0. The fourth-order valence-electron chi connectivity index (χ4n) is 2.36. The summed E-state index contributed by atoms with van der Waals surface area (Å²) in [6.07, 6.45) is 0.904. The van der Waals surface area contributed by atoms with Crippen LogP contribution in [0.3, 0.4) is 0 Å². The highest BCUT2D eigenvalue weighted by molar-refractivity contribution is 7.92. The molecule has 1 aliphatic heterocycles. The molecule has 0 atom stereocenters. The lowest BCUT2D eigenvalue weighted by atomic mass is 10.1. The number of hydroxylamine groups is 2. The van der Waals surface area contributed by atoms with Gasteiger partial charge in [0.25, 0.3) is 11.8 Å². The Hall–Kier alpha value is -2.91. The molecule has 8 nitrogen and oxygen atoms in total. The van der Waals surface area contributed by atoms with Gasteiger partial charge in [-0.1, -0.05) is 28.8 Å². The maximum Gasteiger partial charge on any atom is 0.366 e. The van der Waals surface area contributed by atoms with Crippen LogP contribution in [-0.4, -0.2) is 37.5 Å². The van der Waals surface area contributed by atoms with Gasteiger partial charge < -0.3 is 4.84 Å². The minimum Gasteiger partial charge on any atom is -0.324 e. The first-order valence-electron chi connectivity index (χ1n) is 7.15. The molecule has 2 amide bonds. The molecule has 0 saturated carbocycles. The lowest BCUT2D eigenvalue weighted by Gasteiger charge is -2.15. The number of nitrogens with zero attached hydrogens (tertiary/aromatic N) is 1. The molecular weight excluding hydrogens is 384 g/mol. The van der Waals surface area contributed by atoms with Gasteiger partial charge in [-0.25, -0.2) is 13.2 Å². The van der Waals surface area contributed by atoms with Gasteiger partial charge in [-0.2, -0.15) is 0 Å². The molecule has 2 aromatic rings. The number of halogens is 1. The van der Waals surface area contributed by atoms with Gasteiger partial charge in [-0.05, 0) is 30.3 Å². The topological polar surface area (TPSA) is 110 Å². The number of rotatable bonds is 4. The van der Waals surface area contributed by atoms with Crippen molar-refractivity contribution < 1.29 is 27.6 Å². The van der Waals surface area contributed by atoms with Gasteiger partial charge >= 0.3 is 5.97 Å². The molecule has 134 valence electrons. The quantitative estimate of drug-likeness (QED) is 0.795. The Morgan fingerprint density at radius 1 is 1.08 bits per heavy atom. The second kappa shape index (κ2) is 6.43. The van der Waals surface area contributed by atoms with Crippen LogP contribution in [0.15, 0.2) is 42.5 Å².